The van der Waals surface area contributed by atoms with Gasteiger partial charge in [0, 0.05) is 24.5 Å². The fourth-order valence-corrected chi connectivity index (χ4v) is 4.06. The van der Waals surface area contributed by atoms with Crippen LogP contribution in [-0.4, -0.2) is 37.8 Å². The lowest BCUT2D eigenvalue weighted by molar-refractivity contribution is 0.415. The van der Waals surface area contributed by atoms with E-state index in [1.54, 1.807) is 43.9 Å². The Morgan fingerprint density at radius 2 is 2.06 bits per heavy atom. The van der Waals surface area contributed by atoms with Gasteiger partial charge in [0.15, 0.2) is 0 Å². The summed E-state index contributed by atoms with van der Waals surface area (Å²) in [5.41, 5.74) is 6.88. The molecule has 102 valence electrons. The lowest BCUT2D eigenvalue weighted by Gasteiger charge is -2.24. The normalized spacial score (nSPS) is 13.8. The van der Waals surface area contributed by atoms with Gasteiger partial charge in [0.05, 0.1) is 4.90 Å². The van der Waals surface area contributed by atoms with Gasteiger partial charge in [0.1, 0.15) is 0 Å². The van der Waals surface area contributed by atoms with E-state index < -0.39 is 10.0 Å². The smallest absolute Gasteiger partial charge is 0.243 e. The van der Waals surface area contributed by atoms with Crippen LogP contribution in [0.3, 0.4) is 0 Å². The van der Waals surface area contributed by atoms with Crippen molar-refractivity contribution in [1.29, 1.82) is 0 Å². The second-order valence-electron chi connectivity index (χ2n) is 4.30. The molecule has 1 atom stereocenters. The Balaban J connectivity index is 3.17. The van der Waals surface area contributed by atoms with Crippen LogP contribution >= 0.6 is 11.8 Å². The van der Waals surface area contributed by atoms with Crippen molar-refractivity contribution in [2.75, 3.05) is 24.8 Å². The zero-order valence-electron chi connectivity index (χ0n) is 11.2. The maximum Gasteiger partial charge on any atom is 0.243 e. The van der Waals surface area contributed by atoms with Gasteiger partial charge in [0.25, 0.3) is 0 Å². The van der Waals surface area contributed by atoms with Crippen LogP contribution in [0.5, 0.6) is 0 Å². The zero-order chi connectivity index (χ0) is 13.9. The first kappa shape index (κ1) is 15.3. The van der Waals surface area contributed by atoms with Crippen LogP contribution in [-0.2, 0) is 10.0 Å². The highest BCUT2D eigenvalue weighted by molar-refractivity contribution is 7.98. The summed E-state index contributed by atoms with van der Waals surface area (Å²) in [6.07, 6.45) is 1.96. The predicted octanol–water partition coefficient (Wildman–Crippen LogP) is 1.95. The molecule has 4 nitrogen and oxygen atoms in total. The molecule has 0 saturated carbocycles. The Hall–Kier alpha value is -0.720. The highest BCUT2D eigenvalue weighted by Crippen LogP contribution is 2.24. The van der Waals surface area contributed by atoms with Crippen molar-refractivity contribution in [2.24, 2.45) is 0 Å². The van der Waals surface area contributed by atoms with E-state index in [4.69, 9.17) is 5.73 Å². The number of nitrogens with two attached hydrogens (primary N) is 1. The number of benzene rings is 1. The zero-order valence-corrected chi connectivity index (χ0v) is 12.8. The largest absolute Gasteiger partial charge is 0.398 e. The number of hydrogen-bond acceptors (Lipinski definition) is 4. The Kier molecular flexibility index (Phi) is 5.07. The van der Waals surface area contributed by atoms with Crippen molar-refractivity contribution in [3.63, 3.8) is 0 Å². The number of nitrogen functional groups attached to an aromatic ring is 1. The van der Waals surface area contributed by atoms with Crippen LogP contribution in [0.4, 0.5) is 5.69 Å². The molecule has 1 unspecified atom stereocenters. The molecule has 1 rings (SSSR count). The average Bonchev–Trinajstić information content (AvgIpc) is 2.31. The summed E-state index contributed by atoms with van der Waals surface area (Å²) in [5, 5.41) is 0. The number of anilines is 1. The van der Waals surface area contributed by atoms with Crippen molar-refractivity contribution >= 4 is 27.5 Å². The number of sulfonamides is 1. The molecule has 0 heterocycles. The molecule has 0 spiro atoms. The molecule has 0 amide bonds. The molecule has 0 aliphatic heterocycles. The lowest BCUT2D eigenvalue weighted by Crippen LogP contribution is -2.36. The molecule has 6 heteroatoms. The Morgan fingerprint density at radius 3 is 2.61 bits per heavy atom. The summed E-state index contributed by atoms with van der Waals surface area (Å²) in [5.74, 6) is 0.761. The Morgan fingerprint density at radius 1 is 1.44 bits per heavy atom. The third-order valence-electron chi connectivity index (χ3n) is 3.01. The highest BCUT2D eigenvalue weighted by atomic mass is 32.2. The summed E-state index contributed by atoms with van der Waals surface area (Å²) >= 11 is 1.63. The van der Waals surface area contributed by atoms with Crippen molar-refractivity contribution in [2.45, 2.75) is 24.8 Å². The quantitative estimate of drug-likeness (QED) is 0.841. The van der Waals surface area contributed by atoms with E-state index in [2.05, 4.69) is 0 Å². The third kappa shape index (κ3) is 2.99. The van der Waals surface area contributed by atoms with Gasteiger partial charge >= 0.3 is 0 Å². The van der Waals surface area contributed by atoms with E-state index in [1.165, 1.54) is 4.31 Å². The van der Waals surface area contributed by atoms with Crippen molar-refractivity contribution in [1.82, 2.24) is 4.31 Å². The molecule has 0 bridgehead atoms. The first-order valence-electron chi connectivity index (χ1n) is 5.64. The fourth-order valence-electron chi connectivity index (χ4n) is 1.65. The summed E-state index contributed by atoms with van der Waals surface area (Å²) in [6, 6.07) is 4.93. The molecule has 0 aliphatic carbocycles. The minimum absolute atomic E-state index is 0.0502. The third-order valence-corrected chi connectivity index (χ3v) is 5.94. The van der Waals surface area contributed by atoms with E-state index in [9.17, 15) is 8.42 Å². The molecule has 1 aromatic rings. The molecular weight excluding hydrogens is 268 g/mol. The SMILES string of the molecule is CSCC(C)N(C)S(=O)(=O)c1cccc(N)c1C. The monoisotopic (exact) mass is 288 g/mol. The lowest BCUT2D eigenvalue weighted by atomic mass is 10.2. The number of nitrogens with zero attached hydrogens (tertiary/aromatic N) is 1. The van der Waals surface area contributed by atoms with E-state index >= 15 is 0 Å². The van der Waals surface area contributed by atoms with Gasteiger partial charge in [-0.1, -0.05) is 6.07 Å². The summed E-state index contributed by atoms with van der Waals surface area (Å²) in [7, 11) is -1.86. The fraction of sp³-hybridized carbons (Fsp3) is 0.500. The first-order valence-corrected chi connectivity index (χ1v) is 8.47. The maximum absolute atomic E-state index is 12.5. The van der Waals surface area contributed by atoms with Crippen molar-refractivity contribution < 1.29 is 8.42 Å². The maximum atomic E-state index is 12.5. The van der Waals surface area contributed by atoms with Gasteiger partial charge in [-0.05, 0) is 37.8 Å². The summed E-state index contributed by atoms with van der Waals surface area (Å²) in [4.78, 5) is 0.290. The number of rotatable bonds is 5. The van der Waals surface area contributed by atoms with Gasteiger partial charge in [-0.15, -0.1) is 0 Å². The molecule has 2 N–H and O–H groups in total. The van der Waals surface area contributed by atoms with Gasteiger partial charge in [0.2, 0.25) is 10.0 Å². The van der Waals surface area contributed by atoms with Crippen LogP contribution in [0.15, 0.2) is 23.1 Å². The molecular formula is C12H20N2O2S2. The molecule has 0 saturated heterocycles. The predicted molar refractivity (Wildman–Crippen MR) is 78.4 cm³/mol. The van der Waals surface area contributed by atoms with Crippen LogP contribution in [0, 0.1) is 6.92 Å². The first-order chi connectivity index (χ1) is 8.32. The van der Waals surface area contributed by atoms with Crippen molar-refractivity contribution in [3.8, 4) is 0 Å². The Bertz CT molecular complexity index is 515. The Labute approximate surface area is 114 Å². The molecule has 0 radical (unpaired) electrons. The average molecular weight is 288 g/mol. The van der Waals surface area contributed by atoms with Gasteiger partial charge in [-0.25, -0.2) is 8.42 Å². The highest BCUT2D eigenvalue weighted by Gasteiger charge is 2.26. The number of hydrogen-bond donors (Lipinski definition) is 1. The van der Waals surface area contributed by atoms with E-state index in [1.807, 2.05) is 13.2 Å². The number of thioether (sulfide) groups is 1. The minimum atomic E-state index is -3.47. The van der Waals surface area contributed by atoms with Crippen LogP contribution in [0.2, 0.25) is 0 Å². The van der Waals surface area contributed by atoms with Gasteiger partial charge in [-0.2, -0.15) is 16.1 Å². The molecule has 18 heavy (non-hydrogen) atoms. The van der Waals surface area contributed by atoms with E-state index in [-0.39, 0.29) is 10.9 Å². The molecule has 0 aromatic heterocycles. The molecule has 0 fully saturated rings. The molecule has 0 aliphatic rings. The molecule has 1 aromatic carbocycles. The van der Waals surface area contributed by atoms with Gasteiger partial charge < -0.3 is 5.73 Å². The topological polar surface area (TPSA) is 63.4 Å². The second-order valence-corrected chi connectivity index (χ2v) is 7.17. The summed E-state index contributed by atoms with van der Waals surface area (Å²) < 4.78 is 26.4. The van der Waals surface area contributed by atoms with Crippen LogP contribution < -0.4 is 5.73 Å². The van der Waals surface area contributed by atoms with Crippen LogP contribution in [0.1, 0.15) is 12.5 Å². The van der Waals surface area contributed by atoms with E-state index in [0.717, 1.165) is 5.75 Å². The summed E-state index contributed by atoms with van der Waals surface area (Å²) in [6.45, 7) is 3.63. The second kappa shape index (κ2) is 5.95. The van der Waals surface area contributed by atoms with E-state index in [0.29, 0.717) is 11.3 Å². The van der Waals surface area contributed by atoms with Gasteiger partial charge in [-0.3, -0.25) is 0 Å². The van der Waals surface area contributed by atoms with Crippen LogP contribution in [0.25, 0.3) is 0 Å². The minimum Gasteiger partial charge on any atom is -0.398 e. The standard InChI is InChI=1S/C12H20N2O2S2/c1-9(8-17-4)14(3)18(15,16)12-7-5-6-11(13)10(12)2/h5-7,9H,8,13H2,1-4H3. The van der Waals surface area contributed by atoms with Crippen molar-refractivity contribution in [3.05, 3.63) is 23.8 Å².